The number of hydrogen-bond acceptors (Lipinski definition) is 2. The summed E-state index contributed by atoms with van der Waals surface area (Å²) < 4.78 is 4.87. The first-order chi connectivity index (χ1) is 6.72. The van der Waals surface area contributed by atoms with Gasteiger partial charge >= 0.3 is 5.97 Å². The molecule has 0 heterocycles. The summed E-state index contributed by atoms with van der Waals surface area (Å²) in [6, 6.07) is 7.52. The van der Waals surface area contributed by atoms with Gasteiger partial charge in [0.15, 0.2) is 0 Å². The average Bonchev–Trinajstić information content (AvgIpc) is 2.21. The first-order valence-corrected chi connectivity index (χ1v) is 4.99. The molecule has 0 bridgehead atoms. The Balaban J connectivity index is 0.000000791. The number of ether oxygens (including phenoxy) is 1. The van der Waals surface area contributed by atoms with Crippen LogP contribution in [0.3, 0.4) is 0 Å². The highest BCUT2D eigenvalue weighted by Crippen LogP contribution is 2.12. The highest BCUT2D eigenvalue weighted by atomic mass is 16.5. The van der Waals surface area contributed by atoms with E-state index < -0.39 is 0 Å². The third-order valence-corrected chi connectivity index (χ3v) is 1.59. The van der Waals surface area contributed by atoms with E-state index in [2.05, 4.69) is 6.92 Å². The average molecular weight is 194 g/mol. The number of carbonyl (C=O) groups is 1. The van der Waals surface area contributed by atoms with Gasteiger partial charge in [0.05, 0.1) is 0 Å². The predicted octanol–water partition coefficient (Wildman–Crippen LogP) is 3.20. The normalized spacial score (nSPS) is 8.57. The molecule has 0 spiro atoms. The lowest BCUT2D eigenvalue weighted by molar-refractivity contribution is -0.131. The van der Waals surface area contributed by atoms with Crippen molar-refractivity contribution in [3.05, 3.63) is 29.8 Å². The Hall–Kier alpha value is -1.31. The van der Waals surface area contributed by atoms with Crippen molar-refractivity contribution in [1.82, 2.24) is 0 Å². The lowest BCUT2D eigenvalue weighted by atomic mass is 10.2. The van der Waals surface area contributed by atoms with Gasteiger partial charge in [-0.3, -0.25) is 4.79 Å². The molecule has 2 heteroatoms. The van der Waals surface area contributed by atoms with Gasteiger partial charge < -0.3 is 4.74 Å². The van der Waals surface area contributed by atoms with Crippen LogP contribution < -0.4 is 4.74 Å². The largest absolute Gasteiger partial charge is 0.427 e. The van der Waals surface area contributed by atoms with E-state index in [-0.39, 0.29) is 5.97 Å². The molecule has 1 rings (SSSR count). The fourth-order valence-corrected chi connectivity index (χ4v) is 0.959. The summed E-state index contributed by atoms with van der Waals surface area (Å²) in [5.41, 5.74) is 1.24. The molecule has 0 unspecified atom stereocenters. The smallest absolute Gasteiger partial charge is 0.308 e. The zero-order chi connectivity index (χ0) is 11.0. The topological polar surface area (TPSA) is 26.3 Å². The molecule has 2 nitrogen and oxygen atoms in total. The van der Waals surface area contributed by atoms with Crippen molar-refractivity contribution in [3.8, 4) is 5.75 Å². The summed E-state index contributed by atoms with van der Waals surface area (Å²) in [7, 11) is 0. The van der Waals surface area contributed by atoms with Gasteiger partial charge in [-0.2, -0.15) is 0 Å². The highest BCUT2D eigenvalue weighted by molar-refractivity contribution is 5.69. The van der Waals surface area contributed by atoms with Crippen molar-refractivity contribution in [2.24, 2.45) is 0 Å². The first kappa shape index (κ1) is 12.7. The molecule has 0 fully saturated rings. The third kappa shape index (κ3) is 4.65. The minimum absolute atomic E-state index is 0.278. The number of benzene rings is 1. The summed E-state index contributed by atoms with van der Waals surface area (Å²) in [5, 5.41) is 0. The van der Waals surface area contributed by atoms with Crippen molar-refractivity contribution in [1.29, 1.82) is 0 Å². The molecule has 0 N–H and O–H groups in total. The Kier molecular flexibility index (Phi) is 6.46. The van der Waals surface area contributed by atoms with Crippen LogP contribution in [0.25, 0.3) is 0 Å². The SMILES string of the molecule is CC.CCc1ccc(OC(C)=O)cc1. The quantitative estimate of drug-likeness (QED) is 0.534. The number of esters is 1. The van der Waals surface area contributed by atoms with Gasteiger partial charge in [0.25, 0.3) is 0 Å². The lowest BCUT2D eigenvalue weighted by Crippen LogP contribution is -2.00. The van der Waals surface area contributed by atoms with Gasteiger partial charge in [0.1, 0.15) is 5.75 Å². The minimum Gasteiger partial charge on any atom is -0.427 e. The van der Waals surface area contributed by atoms with Crippen molar-refractivity contribution < 1.29 is 9.53 Å². The number of carbonyl (C=O) groups excluding carboxylic acids is 1. The summed E-state index contributed by atoms with van der Waals surface area (Å²) in [6.45, 7) is 7.48. The second-order valence-electron chi connectivity index (χ2n) is 2.59. The standard InChI is InChI=1S/C10H12O2.C2H6/c1-3-9-4-6-10(7-5-9)12-8(2)11;1-2/h4-7H,3H2,1-2H3;1-2H3. The molecular weight excluding hydrogens is 176 g/mol. The van der Waals surface area contributed by atoms with Crippen LogP contribution >= 0.6 is 0 Å². The van der Waals surface area contributed by atoms with Crippen molar-refractivity contribution in [2.75, 3.05) is 0 Å². The number of hydrogen-bond donors (Lipinski definition) is 0. The van der Waals surface area contributed by atoms with Gasteiger partial charge in [-0.1, -0.05) is 32.9 Å². The van der Waals surface area contributed by atoms with Crippen LogP contribution in [0.4, 0.5) is 0 Å². The Morgan fingerprint density at radius 1 is 1.21 bits per heavy atom. The minimum atomic E-state index is -0.278. The molecule has 0 aliphatic heterocycles. The maximum absolute atomic E-state index is 10.5. The zero-order valence-electron chi connectivity index (χ0n) is 9.33. The zero-order valence-corrected chi connectivity index (χ0v) is 9.33. The van der Waals surface area contributed by atoms with Crippen LogP contribution in [0.15, 0.2) is 24.3 Å². The maximum atomic E-state index is 10.5. The molecule has 1 aromatic carbocycles. The molecule has 14 heavy (non-hydrogen) atoms. The van der Waals surface area contributed by atoms with E-state index in [4.69, 9.17) is 4.74 Å². The molecule has 0 atom stereocenters. The van der Waals surface area contributed by atoms with Crippen LogP contribution in [0.2, 0.25) is 0 Å². The van der Waals surface area contributed by atoms with Crippen LogP contribution in [0.1, 0.15) is 33.3 Å². The Bertz CT molecular complexity index is 262. The van der Waals surface area contributed by atoms with Gasteiger partial charge in [-0.05, 0) is 24.1 Å². The Morgan fingerprint density at radius 3 is 2.07 bits per heavy atom. The van der Waals surface area contributed by atoms with Crippen molar-refractivity contribution >= 4 is 5.97 Å². The predicted molar refractivity (Wildman–Crippen MR) is 58.5 cm³/mol. The molecule has 0 radical (unpaired) electrons. The summed E-state index contributed by atoms with van der Waals surface area (Å²) in [6.07, 6.45) is 1.00. The van der Waals surface area contributed by atoms with Crippen molar-refractivity contribution in [2.45, 2.75) is 34.1 Å². The van der Waals surface area contributed by atoms with Gasteiger partial charge in [-0.25, -0.2) is 0 Å². The van der Waals surface area contributed by atoms with E-state index in [1.54, 1.807) is 12.1 Å². The summed E-state index contributed by atoms with van der Waals surface area (Å²) >= 11 is 0. The van der Waals surface area contributed by atoms with E-state index in [0.717, 1.165) is 6.42 Å². The molecule has 0 aliphatic rings. The Morgan fingerprint density at radius 2 is 1.71 bits per heavy atom. The molecular formula is C12H18O2. The fraction of sp³-hybridized carbons (Fsp3) is 0.417. The molecule has 0 saturated heterocycles. The van der Waals surface area contributed by atoms with Crippen molar-refractivity contribution in [3.63, 3.8) is 0 Å². The molecule has 1 aromatic rings. The fourth-order valence-electron chi connectivity index (χ4n) is 0.959. The number of aryl methyl sites for hydroxylation is 1. The van der Waals surface area contributed by atoms with E-state index in [1.165, 1.54) is 12.5 Å². The highest BCUT2D eigenvalue weighted by Gasteiger charge is 1.96. The van der Waals surface area contributed by atoms with Crippen LogP contribution in [0.5, 0.6) is 5.75 Å². The van der Waals surface area contributed by atoms with E-state index >= 15 is 0 Å². The van der Waals surface area contributed by atoms with E-state index in [9.17, 15) is 4.79 Å². The van der Waals surface area contributed by atoms with Gasteiger partial charge in [0.2, 0.25) is 0 Å². The molecule has 0 saturated carbocycles. The first-order valence-electron chi connectivity index (χ1n) is 4.99. The lowest BCUT2D eigenvalue weighted by Gasteiger charge is -2.01. The van der Waals surface area contributed by atoms with Gasteiger partial charge in [-0.15, -0.1) is 0 Å². The van der Waals surface area contributed by atoms with Crippen LogP contribution in [0, 0.1) is 0 Å². The maximum Gasteiger partial charge on any atom is 0.308 e. The van der Waals surface area contributed by atoms with E-state index in [1.807, 2.05) is 26.0 Å². The van der Waals surface area contributed by atoms with Crippen LogP contribution in [-0.2, 0) is 11.2 Å². The second kappa shape index (κ2) is 7.13. The second-order valence-corrected chi connectivity index (χ2v) is 2.59. The Labute approximate surface area is 85.9 Å². The van der Waals surface area contributed by atoms with Crippen LogP contribution in [-0.4, -0.2) is 5.97 Å². The summed E-state index contributed by atoms with van der Waals surface area (Å²) in [4.78, 5) is 10.5. The third-order valence-electron chi connectivity index (χ3n) is 1.59. The van der Waals surface area contributed by atoms with Gasteiger partial charge in [0, 0.05) is 6.92 Å². The molecule has 0 aliphatic carbocycles. The molecule has 0 aromatic heterocycles. The monoisotopic (exact) mass is 194 g/mol. The molecule has 0 amide bonds. The number of rotatable bonds is 2. The molecule has 78 valence electrons. The van der Waals surface area contributed by atoms with E-state index in [0.29, 0.717) is 5.75 Å². The summed E-state index contributed by atoms with van der Waals surface area (Å²) in [5.74, 6) is 0.332.